The zero-order valence-corrected chi connectivity index (χ0v) is 9.58. The lowest BCUT2D eigenvalue weighted by Crippen LogP contribution is -2.37. The van der Waals surface area contributed by atoms with Gasteiger partial charge in [0.05, 0.1) is 6.10 Å². The number of aliphatic hydroxyl groups excluding tert-OH is 1. The lowest BCUT2D eigenvalue weighted by molar-refractivity contribution is 0.0864. The fourth-order valence-corrected chi connectivity index (χ4v) is 1.95. The highest BCUT2D eigenvalue weighted by Gasteiger charge is 2.27. The van der Waals surface area contributed by atoms with Gasteiger partial charge >= 0.3 is 0 Å². The van der Waals surface area contributed by atoms with Gasteiger partial charge in [0.2, 0.25) is 0 Å². The Morgan fingerprint density at radius 1 is 1.31 bits per heavy atom. The Balaban J connectivity index is 0.000000671. The van der Waals surface area contributed by atoms with Crippen molar-refractivity contribution in [1.82, 2.24) is 4.90 Å². The topological polar surface area (TPSA) is 23.5 Å². The lowest BCUT2D eigenvalue weighted by atomic mass is 10.2. The number of nitrogens with zero attached hydrogens (tertiary/aromatic N) is 1. The van der Waals surface area contributed by atoms with Crippen LogP contribution >= 0.6 is 0 Å². The van der Waals surface area contributed by atoms with E-state index in [2.05, 4.69) is 18.9 Å². The highest BCUT2D eigenvalue weighted by atomic mass is 16.3. The zero-order valence-electron chi connectivity index (χ0n) is 9.58. The molecular weight excluding hydrogens is 162 g/mol. The van der Waals surface area contributed by atoms with E-state index in [1.807, 2.05) is 13.8 Å². The predicted octanol–water partition coefficient (Wildman–Crippen LogP) is 2.27. The van der Waals surface area contributed by atoms with E-state index in [-0.39, 0.29) is 6.10 Å². The molecule has 1 rings (SSSR count). The molecule has 0 aromatic rings. The first-order valence-corrected chi connectivity index (χ1v) is 5.64. The van der Waals surface area contributed by atoms with Gasteiger partial charge < -0.3 is 10.0 Å². The van der Waals surface area contributed by atoms with Crippen molar-refractivity contribution in [1.29, 1.82) is 0 Å². The molecule has 13 heavy (non-hydrogen) atoms. The van der Waals surface area contributed by atoms with Gasteiger partial charge in [-0.05, 0) is 39.3 Å². The molecule has 0 amide bonds. The Morgan fingerprint density at radius 3 is 2.31 bits per heavy atom. The second-order valence-electron chi connectivity index (χ2n) is 3.55. The van der Waals surface area contributed by atoms with Crippen LogP contribution in [0.2, 0.25) is 0 Å². The number of rotatable bonds is 3. The average molecular weight is 187 g/mol. The van der Waals surface area contributed by atoms with Gasteiger partial charge in [0.15, 0.2) is 0 Å². The summed E-state index contributed by atoms with van der Waals surface area (Å²) in [4.78, 5) is 2.29. The summed E-state index contributed by atoms with van der Waals surface area (Å²) in [6, 6.07) is 0.440. The van der Waals surface area contributed by atoms with Crippen LogP contribution in [0.4, 0.5) is 0 Å². The third kappa shape index (κ3) is 4.10. The van der Waals surface area contributed by atoms with E-state index >= 15 is 0 Å². The quantitative estimate of drug-likeness (QED) is 0.732. The van der Waals surface area contributed by atoms with Gasteiger partial charge in [0, 0.05) is 6.04 Å². The smallest absolute Gasteiger partial charge is 0.0695 e. The Morgan fingerprint density at radius 2 is 1.92 bits per heavy atom. The van der Waals surface area contributed by atoms with Crippen LogP contribution in [-0.4, -0.2) is 35.7 Å². The summed E-state index contributed by atoms with van der Waals surface area (Å²) in [6.07, 6.45) is 4.49. The average Bonchev–Trinajstić information content (AvgIpc) is 2.55. The molecule has 1 saturated carbocycles. The number of aliphatic hydroxyl groups is 1. The highest BCUT2D eigenvalue weighted by molar-refractivity contribution is 4.83. The minimum atomic E-state index is -0.0634. The van der Waals surface area contributed by atoms with Gasteiger partial charge in [0.25, 0.3) is 0 Å². The standard InChI is InChI=1S/C9H19NO.C2H6/c1-3-7-10(2)8-5-4-6-9(8)11;1-2/h8-9,11H,3-7H2,1-2H3;1-2H3. The molecule has 1 fully saturated rings. The molecule has 1 N–H and O–H groups in total. The molecule has 2 atom stereocenters. The molecule has 2 unspecified atom stereocenters. The third-order valence-corrected chi connectivity index (χ3v) is 2.59. The lowest BCUT2D eigenvalue weighted by Gasteiger charge is -2.26. The van der Waals surface area contributed by atoms with E-state index < -0.39 is 0 Å². The van der Waals surface area contributed by atoms with Crippen LogP contribution in [-0.2, 0) is 0 Å². The Labute approximate surface area is 82.9 Å². The van der Waals surface area contributed by atoms with Crippen molar-refractivity contribution < 1.29 is 5.11 Å². The molecule has 0 radical (unpaired) electrons. The Hall–Kier alpha value is -0.0800. The fraction of sp³-hybridized carbons (Fsp3) is 1.00. The van der Waals surface area contributed by atoms with Gasteiger partial charge in [-0.3, -0.25) is 0 Å². The maximum Gasteiger partial charge on any atom is 0.0695 e. The van der Waals surface area contributed by atoms with Crippen molar-refractivity contribution in [3.63, 3.8) is 0 Å². The molecule has 0 heterocycles. The van der Waals surface area contributed by atoms with E-state index in [1.54, 1.807) is 0 Å². The van der Waals surface area contributed by atoms with Crippen molar-refractivity contribution >= 4 is 0 Å². The molecule has 0 bridgehead atoms. The Bertz CT molecular complexity index is 117. The molecule has 0 aromatic heterocycles. The first-order valence-electron chi connectivity index (χ1n) is 5.64. The van der Waals surface area contributed by atoms with Crippen molar-refractivity contribution in [3.8, 4) is 0 Å². The Kier molecular flexibility index (Phi) is 7.29. The highest BCUT2D eigenvalue weighted by Crippen LogP contribution is 2.22. The first-order chi connectivity index (χ1) is 6.25. The van der Waals surface area contributed by atoms with Crippen LogP contribution in [0.3, 0.4) is 0 Å². The van der Waals surface area contributed by atoms with Crippen molar-refractivity contribution in [2.45, 2.75) is 58.6 Å². The molecule has 0 aromatic carbocycles. The number of hydrogen-bond donors (Lipinski definition) is 1. The van der Waals surface area contributed by atoms with Crippen molar-refractivity contribution in [2.24, 2.45) is 0 Å². The fourth-order valence-electron chi connectivity index (χ4n) is 1.95. The van der Waals surface area contributed by atoms with Crippen LogP contribution < -0.4 is 0 Å². The van der Waals surface area contributed by atoms with Gasteiger partial charge in [-0.25, -0.2) is 0 Å². The van der Waals surface area contributed by atoms with Crippen LogP contribution in [0.25, 0.3) is 0 Å². The third-order valence-electron chi connectivity index (χ3n) is 2.59. The van der Waals surface area contributed by atoms with E-state index in [1.165, 1.54) is 19.3 Å². The summed E-state index contributed by atoms with van der Waals surface area (Å²) in [5.41, 5.74) is 0. The molecule has 2 nitrogen and oxygen atoms in total. The zero-order chi connectivity index (χ0) is 10.3. The number of likely N-dealkylation sites (N-methyl/N-ethyl adjacent to an activating group) is 1. The minimum Gasteiger partial charge on any atom is -0.391 e. The largest absolute Gasteiger partial charge is 0.391 e. The second kappa shape index (κ2) is 7.34. The predicted molar refractivity (Wildman–Crippen MR) is 57.9 cm³/mol. The van der Waals surface area contributed by atoms with Crippen molar-refractivity contribution in [2.75, 3.05) is 13.6 Å². The monoisotopic (exact) mass is 187 g/mol. The van der Waals surface area contributed by atoms with Crippen LogP contribution in [0.5, 0.6) is 0 Å². The summed E-state index contributed by atoms with van der Waals surface area (Å²) < 4.78 is 0. The van der Waals surface area contributed by atoms with Crippen LogP contribution in [0, 0.1) is 0 Å². The van der Waals surface area contributed by atoms with E-state index in [9.17, 15) is 5.11 Å². The summed E-state index contributed by atoms with van der Waals surface area (Å²) in [5.74, 6) is 0. The SMILES string of the molecule is CC.CCCN(C)C1CCCC1O. The number of hydrogen-bond acceptors (Lipinski definition) is 2. The minimum absolute atomic E-state index is 0.0634. The maximum absolute atomic E-state index is 9.54. The molecule has 0 spiro atoms. The summed E-state index contributed by atoms with van der Waals surface area (Å²) in [6.45, 7) is 7.29. The van der Waals surface area contributed by atoms with Gasteiger partial charge in [-0.1, -0.05) is 20.8 Å². The summed E-state index contributed by atoms with van der Waals surface area (Å²) in [7, 11) is 2.11. The molecular formula is C11H25NO. The van der Waals surface area contributed by atoms with Gasteiger partial charge in [-0.2, -0.15) is 0 Å². The molecule has 0 aliphatic heterocycles. The molecule has 1 aliphatic carbocycles. The van der Waals surface area contributed by atoms with Gasteiger partial charge in [-0.15, -0.1) is 0 Å². The van der Waals surface area contributed by atoms with Crippen LogP contribution in [0.1, 0.15) is 46.5 Å². The summed E-state index contributed by atoms with van der Waals surface area (Å²) >= 11 is 0. The second-order valence-corrected chi connectivity index (χ2v) is 3.55. The van der Waals surface area contributed by atoms with Crippen molar-refractivity contribution in [3.05, 3.63) is 0 Å². The molecule has 2 heteroatoms. The molecule has 0 saturated heterocycles. The van der Waals surface area contributed by atoms with Gasteiger partial charge in [0.1, 0.15) is 0 Å². The van der Waals surface area contributed by atoms with E-state index in [0.717, 1.165) is 13.0 Å². The first kappa shape index (κ1) is 12.9. The molecule has 1 aliphatic rings. The van der Waals surface area contributed by atoms with E-state index in [0.29, 0.717) is 6.04 Å². The van der Waals surface area contributed by atoms with E-state index in [4.69, 9.17) is 0 Å². The maximum atomic E-state index is 9.54. The molecule has 80 valence electrons. The van der Waals surface area contributed by atoms with Crippen LogP contribution in [0.15, 0.2) is 0 Å². The normalized spacial score (nSPS) is 27.2. The summed E-state index contributed by atoms with van der Waals surface area (Å²) in [5, 5.41) is 9.54.